The number of aryl methyl sites for hydroxylation is 1. The molecule has 2 aromatic carbocycles. The molecule has 0 aliphatic rings. The first-order valence-electron chi connectivity index (χ1n) is 13.1. The first-order valence-corrected chi connectivity index (χ1v) is 14.8. The summed E-state index contributed by atoms with van der Waals surface area (Å²) in [6.45, 7) is 5.40. The van der Waals surface area contributed by atoms with Gasteiger partial charge in [0.15, 0.2) is 5.82 Å². The molecule has 0 aliphatic carbocycles. The van der Waals surface area contributed by atoms with Crippen molar-refractivity contribution >= 4 is 38.1 Å². The standard InChI is InChI=1S/C29H28N8O3S/c1-4-41(39,40)35-21-10-8-9-20(15-21)23-16-30-26-24(23)27(32-17-31-26)33-19(3)28-34-36-14-13-18(2)25(36)29(38)37(28)22-11-6-5-7-12-22/h5-17,19,35H,4H2,1-3H3,(H2,30,31,32,33)/t19-/m0/s1. The molecule has 11 nitrogen and oxygen atoms in total. The van der Waals surface area contributed by atoms with Gasteiger partial charge in [-0.3, -0.25) is 14.1 Å². The van der Waals surface area contributed by atoms with Crippen molar-refractivity contribution in [1.82, 2.24) is 29.1 Å². The number of aromatic nitrogens is 6. The second-order valence-corrected chi connectivity index (χ2v) is 11.7. The van der Waals surface area contributed by atoms with Gasteiger partial charge >= 0.3 is 0 Å². The first-order chi connectivity index (χ1) is 19.8. The number of nitrogens with zero attached hydrogens (tertiary/aromatic N) is 5. The van der Waals surface area contributed by atoms with Crippen LogP contribution in [0.1, 0.15) is 31.3 Å². The lowest BCUT2D eigenvalue weighted by atomic mass is 10.1. The van der Waals surface area contributed by atoms with Crippen LogP contribution >= 0.6 is 0 Å². The van der Waals surface area contributed by atoms with Crippen LogP contribution in [0.4, 0.5) is 11.5 Å². The quantitative estimate of drug-likeness (QED) is 0.243. The molecule has 0 unspecified atom stereocenters. The zero-order valence-electron chi connectivity index (χ0n) is 22.7. The van der Waals surface area contributed by atoms with Gasteiger partial charge in [0.1, 0.15) is 23.3 Å². The molecule has 6 rings (SSSR count). The van der Waals surface area contributed by atoms with Crippen LogP contribution in [0.25, 0.3) is 33.4 Å². The number of sulfonamides is 1. The Labute approximate surface area is 236 Å². The third kappa shape index (κ3) is 4.82. The molecule has 1 atom stereocenters. The molecule has 0 saturated heterocycles. The Hall–Kier alpha value is -4.97. The number of H-pyrrole nitrogens is 1. The van der Waals surface area contributed by atoms with Gasteiger partial charge in [-0.25, -0.2) is 22.9 Å². The maximum absolute atomic E-state index is 13.7. The molecule has 0 radical (unpaired) electrons. The number of fused-ring (bicyclic) bond motifs is 2. The number of nitrogens with one attached hydrogen (secondary N) is 3. The van der Waals surface area contributed by atoms with Crippen LogP contribution in [-0.4, -0.2) is 43.3 Å². The van der Waals surface area contributed by atoms with Crippen LogP contribution in [0.5, 0.6) is 0 Å². The number of para-hydroxylation sites is 1. The lowest BCUT2D eigenvalue weighted by Crippen LogP contribution is -2.29. The highest BCUT2D eigenvalue weighted by Crippen LogP contribution is 2.34. The largest absolute Gasteiger partial charge is 0.360 e. The molecule has 0 amide bonds. The Morgan fingerprint density at radius 3 is 2.63 bits per heavy atom. The summed E-state index contributed by atoms with van der Waals surface area (Å²) in [5.74, 6) is 1.01. The van der Waals surface area contributed by atoms with Crippen molar-refractivity contribution in [2.24, 2.45) is 0 Å². The van der Waals surface area contributed by atoms with Gasteiger partial charge in [-0.15, -0.1) is 0 Å². The van der Waals surface area contributed by atoms with Crippen molar-refractivity contribution < 1.29 is 8.42 Å². The van der Waals surface area contributed by atoms with E-state index in [2.05, 4.69) is 25.0 Å². The van der Waals surface area contributed by atoms with Crippen LogP contribution in [-0.2, 0) is 10.0 Å². The summed E-state index contributed by atoms with van der Waals surface area (Å²) in [6.07, 6.45) is 5.06. The van der Waals surface area contributed by atoms with E-state index in [0.717, 1.165) is 22.1 Å². The van der Waals surface area contributed by atoms with Crippen molar-refractivity contribution in [1.29, 1.82) is 0 Å². The Balaban J connectivity index is 1.45. The summed E-state index contributed by atoms with van der Waals surface area (Å²) in [6, 6.07) is 18.0. The van der Waals surface area contributed by atoms with E-state index in [9.17, 15) is 13.2 Å². The molecule has 0 fully saturated rings. The second-order valence-electron chi connectivity index (χ2n) is 9.73. The Morgan fingerprint density at radius 2 is 1.85 bits per heavy atom. The van der Waals surface area contributed by atoms with Gasteiger partial charge in [-0.2, -0.15) is 5.10 Å². The van der Waals surface area contributed by atoms with E-state index < -0.39 is 16.1 Å². The number of hydrogen-bond acceptors (Lipinski definition) is 7. The normalized spacial score (nSPS) is 12.6. The minimum Gasteiger partial charge on any atom is -0.360 e. The fourth-order valence-electron chi connectivity index (χ4n) is 4.91. The van der Waals surface area contributed by atoms with Gasteiger partial charge < -0.3 is 10.3 Å². The van der Waals surface area contributed by atoms with Gasteiger partial charge in [-0.1, -0.05) is 30.3 Å². The third-order valence-electron chi connectivity index (χ3n) is 6.97. The number of aromatic amines is 1. The van der Waals surface area contributed by atoms with Gasteiger partial charge in [-0.05, 0) is 62.2 Å². The maximum Gasteiger partial charge on any atom is 0.282 e. The van der Waals surface area contributed by atoms with Crippen LogP contribution in [0, 0.1) is 6.92 Å². The molecule has 208 valence electrons. The molecule has 6 aromatic rings. The molecule has 0 spiro atoms. The maximum atomic E-state index is 13.7. The predicted octanol–water partition coefficient (Wildman–Crippen LogP) is 4.67. The average Bonchev–Trinajstić information content (AvgIpc) is 3.58. The van der Waals surface area contributed by atoms with Crippen LogP contribution in [0.15, 0.2) is 84.2 Å². The molecule has 4 aromatic heterocycles. The fourth-order valence-corrected chi connectivity index (χ4v) is 5.54. The highest BCUT2D eigenvalue weighted by Gasteiger charge is 2.22. The zero-order chi connectivity index (χ0) is 28.7. The molecular formula is C29H28N8O3S. The van der Waals surface area contributed by atoms with Crippen molar-refractivity contribution in [2.45, 2.75) is 26.8 Å². The van der Waals surface area contributed by atoms with Gasteiger partial charge in [0.25, 0.3) is 5.56 Å². The molecule has 12 heteroatoms. The average molecular weight is 569 g/mol. The van der Waals surface area contributed by atoms with Crippen molar-refractivity contribution in [2.75, 3.05) is 15.8 Å². The molecule has 0 bridgehead atoms. The minimum atomic E-state index is -3.43. The van der Waals surface area contributed by atoms with Crippen LogP contribution in [0.3, 0.4) is 0 Å². The smallest absolute Gasteiger partial charge is 0.282 e. The van der Waals surface area contributed by atoms with E-state index >= 15 is 0 Å². The van der Waals surface area contributed by atoms with Gasteiger partial charge in [0.2, 0.25) is 10.0 Å². The lowest BCUT2D eigenvalue weighted by Gasteiger charge is -2.20. The van der Waals surface area contributed by atoms with Gasteiger partial charge in [0, 0.05) is 23.6 Å². The Bertz CT molecular complexity index is 2060. The van der Waals surface area contributed by atoms with E-state index in [0.29, 0.717) is 34.2 Å². The summed E-state index contributed by atoms with van der Waals surface area (Å²) >= 11 is 0. The summed E-state index contributed by atoms with van der Waals surface area (Å²) in [5, 5.41) is 9.01. The Morgan fingerprint density at radius 1 is 1.05 bits per heavy atom. The van der Waals surface area contributed by atoms with E-state index in [-0.39, 0.29) is 11.3 Å². The number of benzene rings is 2. The first kappa shape index (κ1) is 26.3. The molecular weight excluding hydrogens is 540 g/mol. The lowest BCUT2D eigenvalue weighted by molar-refractivity contribution is 0.602. The highest BCUT2D eigenvalue weighted by atomic mass is 32.2. The SMILES string of the molecule is CCS(=O)(=O)Nc1cccc(-c2c[nH]c3ncnc(N[C@@H](C)c4nn5ccc(C)c5c(=O)n4-c4ccccc4)c23)c1. The number of hydrogen-bond donors (Lipinski definition) is 3. The van der Waals surface area contributed by atoms with E-state index in [1.807, 2.05) is 62.5 Å². The zero-order valence-corrected chi connectivity index (χ0v) is 23.5. The third-order valence-corrected chi connectivity index (χ3v) is 8.27. The molecule has 4 heterocycles. The minimum absolute atomic E-state index is 0.0272. The van der Waals surface area contributed by atoms with E-state index in [4.69, 9.17) is 5.10 Å². The van der Waals surface area contributed by atoms with Crippen LogP contribution in [0.2, 0.25) is 0 Å². The molecule has 3 N–H and O–H groups in total. The van der Waals surface area contributed by atoms with Crippen molar-refractivity contribution in [3.05, 3.63) is 101 Å². The monoisotopic (exact) mass is 568 g/mol. The van der Waals surface area contributed by atoms with Gasteiger partial charge in [0.05, 0.1) is 22.9 Å². The highest BCUT2D eigenvalue weighted by molar-refractivity contribution is 7.92. The van der Waals surface area contributed by atoms with Crippen LogP contribution < -0.4 is 15.6 Å². The number of anilines is 2. The molecule has 0 aliphatic heterocycles. The fraction of sp³-hybridized carbons (Fsp3) is 0.172. The molecule has 0 saturated carbocycles. The van der Waals surface area contributed by atoms with E-state index in [1.165, 1.54) is 6.33 Å². The summed E-state index contributed by atoms with van der Waals surface area (Å²) < 4.78 is 30.1. The number of rotatable bonds is 8. The topological polar surface area (TPSA) is 139 Å². The molecule has 41 heavy (non-hydrogen) atoms. The second kappa shape index (κ2) is 10.2. The van der Waals surface area contributed by atoms with E-state index in [1.54, 1.807) is 40.4 Å². The summed E-state index contributed by atoms with van der Waals surface area (Å²) in [4.78, 5) is 25.9. The van der Waals surface area contributed by atoms with Crippen molar-refractivity contribution in [3.63, 3.8) is 0 Å². The Kier molecular flexibility index (Phi) is 6.54. The predicted molar refractivity (Wildman–Crippen MR) is 160 cm³/mol. The van der Waals surface area contributed by atoms with Crippen molar-refractivity contribution in [3.8, 4) is 16.8 Å². The summed E-state index contributed by atoms with van der Waals surface area (Å²) in [7, 11) is -3.43. The summed E-state index contributed by atoms with van der Waals surface area (Å²) in [5.41, 5.74) is 4.54.